The summed E-state index contributed by atoms with van der Waals surface area (Å²) in [5.41, 5.74) is 24.7. The second-order valence-corrected chi connectivity index (χ2v) is 14.5. The van der Waals surface area contributed by atoms with Crippen molar-refractivity contribution in [1.29, 1.82) is 0 Å². The third kappa shape index (κ3) is 8.48. The van der Waals surface area contributed by atoms with Gasteiger partial charge in [-0.2, -0.15) is 11.8 Å². The molecule has 1 saturated carbocycles. The lowest BCUT2D eigenvalue weighted by molar-refractivity contribution is -0.315. The highest BCUT2D eigenvalue weighted by Crippen LogP contribution is 2.34. The van der Waals surface area contributed by atoms with Crippen LogP contribution in [0.5, 0.6) is 0 Å². The Balaban J connectivity index is 1.09. The van der Waals surface area contributed by atoms with Gasteiger partial charge in [-0.25, -0.2) is 4.79 Å². The second-order valence-electron chi connectivity index (χ2n) is 13.2. The minimum atomic E-state index is -1.48. The highest BCUT2D eigenvalue weighted by Gasteiger charge is 2.50. The molecule has 16 N–H and O–H groups in total. The fourth-order valence-corrected chi connectivity index (χ4v) is 8.52. The molecule has 0 aromatic rings. The Labute approximate surface area is 276 Å². The molecule has 270 valence electrons. The van der Waals surface area contributed by atoms with Crippen LogP contribution in [0.4, 0.5) is 4.79 Å². The fourth-order valence-electron chi connectivity index (χ4n) is 6.98. The standard InChI is InChI=1S/C28H51N7O11S/c29-10-5-11(30)25(46-27-22(40)19(32)21(39)16(8-36)44-27)23(41)24(10)45-26-12(31)6-14(37)15(43-26)7-33-18(38)4-2-1-3-17-20-13(9-47-17)34-28(42)35-20/h10-17,19-27,36-37,39-41H,1-9,29-32H2,(H,33,38)(H2,34,35,42)/t10-,11+,12+,13-,14-,15+,16+,17-,19-,20-,21+,22+,23-,24+,25-,26+,27+/m0/s1. The van der Waals surface area contributed by atoms with Crippen LogP contribution in [0.15, 0.2) is 0 Å². The summed E-state index contributed by atoms with van der Waals surface area (Å²) in [7, 11) is 0. The van der Waals surface area contributed by atoms with Crippen LogP contribution in [0.2, 0.25) is 0 Å². The highest BCUT2D eigenvalue weighted by molar-refractivity contribution is 8.00. The number of hydrogen-bond donors (Lipinski definition) is 12. The van der Waals surface area contributed by atoms with Gasteiger partial charge in [-0.1, -0.05) is 6.42 Å². The van der Waals surface area contributed by atoms with E-state index in [4.69, 9.17) is 41.9 Å². The Hall–Kier alpha value is -1.43. The van der Waals surface area contributed by atoms with E-state index in [2.05, 4.69) is 16.0 Å². The van der Waals surface area contributed by atoms with Crippen molar-refractivity contribution < 1.29 is 54.1 Å². The predicted octanol–water partition coefficient (Wildman–Crippen LogP) is -5.41. The van der Waals surface area contributed by atoms with E-state index in [0.29, 0.717) is 18.1 Å². The molecule has 5 aliphatic rings. The number of rotatable bonds is 12. The van der Waals surface area contributed by atoms with Crippen molar-refractivity contribution in [2.24, 2.45) is 22.9 Å². The molecule has 0 unspecified atom stereocenters. The van der Waals surface area contributed by atoms with Crippen LogP contribution in [0.1, 0.15) is 38.5 Å². The number of aliphatic hydroxyl groups is 5. The number of hydrogen-bond acceptors (Lipinski definition) is 16. The van der Waals surface area contributed by atoms with Crippen LogP contribution in [0.25, 0.3) is 0 Å². The van der Waals surface area contributed by atoms with Gasteiger partial charge in [-0.05, 0) is 25.7 Å². The van der Waals surface area contributed by atoms with Crippen molar-refractivity contribution in [3.05, 3.63) is 0 Å². The molecule has 3 amide bonds. The number of carbonyl (C=O) groups excluding carboxylic acids is 2. The number of ether oxygens (including phenoxy) is 4. The Morgan fingerprint density at radius 2 is 1.57 bits per heavy atom. The lowest BCUT2D eigenvalue weighted by atomic mass is 9.84. The summed E-state index contributed by atoms with van der Waals surface area (Å²) in [4.78, 5) is 24.1. The van der Waals surface area contributed by atoms with E-state index < -0.39 is 92.2 Å². The van der Waals surface area contributed by atoms with E-state index in [9.17, 15) is 35.1 Å². The molecule has 5 rings (SSSR count). The van der Waals surface area contributed by atoms with Gasteiger partial charge in [-0.3, -0.25) is 4.79 Å². The molecule has 0 radical (unpaired) electrons. The van der Waals surface area contributed by atoms with Gasteiger partial charge < -0.3 is 83.4 Å². The average Bonchev–Trinajstić information content (AvgIpc) is 3.58. The maximum Gasteiger partial charge on any atom is 0.315 e. The van der Waals surface area contributed by atoms with Crippen molar-refractivity contribution in [3.8, 4) is 0 Å². The SMILES string of the molecule is N[C@@H]1[C@@H](O)[C@@H](O[C@@H]2[C@@H](O)[C@H](O[C@H]3O[C@H](CNC(=O)CCCC[C@@H]4SC[C@@H]5NC(=O)N[C@@H]54)[C@@H](O)C[C@H]3N)[C@@H](N)C[C@H]2N)O[C@H](CO)[C@H]1O. The van der Waals surface area contributed by atoms with Crippen LogP contribution in [-0.2, 0) is 23.7 Å². The van der Waals surface area contributed by atoms with Gasteiger partial charge in [0.05, 0.1) is 36.9 Å². The van der Waals surface area contributed by atoms with Crippen LogP contribution >= 0.6 is 11.8 Å². The second kappa shape index (κ2) is 16.1. The fraction of sp³-hybridized carbons (Fsp3) is 0.929. The molecular formula is C28H51N7O11S. The first-order valence-corrected chi connectivity index (χ1v) is 17.3. The zero-order valence-corrected chi connectivity index (χ0v) is 26.9. The quantitative estimate of drug-likeness (QED) is 0.0670. The maximum absolute atomic E-state index is 12.6. The zero-order valence-electron chi connectivity index (χ0n) is 26.1. The molecule has 4 aliphatic heterocycles. The first-order chi connectivity index (χ1) is 22.4. The Morgan fingerprint density at radius 1 is 0.894 bits per heavy atom. The molecule has 4 heterocycles. The summed E-state index contributed by atoms with van der Waals surface area (Å²) in [6.45, 7) is -0.570. The number of fused-ring (bicyclic) bond motifs is 1. The van der Waals surface area contributed by atoms with Crippen molar-refractivity contribution in [2.45, 2.75) is 141 Å². The lowest BCUT2D eigenvalue weighted by Crippen LogP contribution is -2.68. The van der Waals surface area contributed by atoms with Gasteiger partial charge in [0.2, 0.25) is 5.91 Å². The van der Waals surface area contributed by atoms with Crippen molar-refractivity contribution >= 4 is 23.7 Å². The lowest BCUT2D eigenvalue weighted by Gasteiger charge is -2.47. The number of unbranched alkanes of at least 4 members (excludes halogenated alkanes) is 1. The summed E-state index contributed by atoms with van der Waals surface area (Å²) >= 11 is 1.83. The minimum absolute atomic E-state index is 0.0113. The number of aliphatic hydroxyl groups excluding tert-OH is 5. The molecule has 0 aromatic heterocycles. The minimum Gasteiger partial charge on any atom is -0.394 e. The van der Waals surface area contributed by atoms with Crippen molar-refractivity contribution in [1.82, 2.24) is 16.0 Å². The number of carbonyl (C=O) groups is 2. The summed E-state index contributed by atoms with van der Waals surface area (Å²) < 4.78 is 23.4. The summed E-state index contributed by atoms with van der Waals surface area (Å²) in [5, 5.41) is 61.1. The predicted molar refractivity (Wildman–Crippen MR) is 166 cm³/mol. The maximum atomic E-state index is 12.6. The van der Waals surface area contributed by atoms with E-state index in [1.54, 1.807) is 0 Å². The summed E-state index contributed by atoms with van der Waals surface area (Å²) in [6.07, 6.45) is -9.02. The van der Waals surface area contributed by atoms with Gasteiger partial charge in [0.1, 0.15) is 42.7 Å². The van der Waals surface area contributed by atoms with Gasteiger partial charge >= 0.3 is 6.03 Å². The molecule has 0 aromatic carbocycles. The number of nitrogens with one attached hydrogen (secondary N) is 3. The monoisotopic (exact) mass is 693 g/mol. The van der Waals surface area contributed by atoms with Crippen LogP contribution < -0.4 is 38.9 Å². The van der Waals surface area contributed by atoms with Crippen LogP contribution in [-0.4, -0.2) is 159 Å². The van der Waals surface area contributed by atoms with Gasteiger partial charge in [-0.15, -0.1) is 0 Å². The van der Waals surface area contributed by atoms with E-state index in [-0.39, 0.29) is 43.4 Å². The van der Waals surface area contributed by atoms with Gasteiger partial charge in [0, 0.05) is 36.1 Å². The third-order valence-corrected chi connectivity index (χ3v) is 11.3. The molecule has 17 atom stereocenters. The Morgan fingerprint density at radius 3 is 2.28 bits per heavy atom. The topological polar surface area (TPSA) is 312 Å². The molecular weight excluding hydrogens is 642 g/mol. The summed E-state index contributed by atoms with van der Waals surface area (Å²) in [6, 6.07) is -3.37. The summed E-state index contributed by atoms with van der Waals surface area (Å²) in [5.74, 6) is 0.689. The number of thioether (sulfide) groups is 1. The van der Waals surface area contributed by atoms with E-state index in [0.717, 1.165) is 18.6 Å². The molecule has 19 heteroatoms. The van der Waals surface area contributed by atoms with E-state index >= 15 is 0 Å². The molecule has 4 saturated heterocycles. The van der Waals surface area contributed by atoms with Crippen LogP contribution in [0.3, 0.4) is 0 Å². The largest absolute Gasteiger partial charge is 0.394 e. The van der Waals surface area contributed by atoms with E-state index in [1.165, 1.54) is 0 Å². The molecule has 5 fully saturated rings. The normalized spacial score (nSPS) is 46.8. The molecule has 0 spiro atoms. The van der Waals surface area contributed by atoms with Crippen molar-refractivity contribution in [3.63, 3.8) is 0 Å². The molecule has 0 bridgehead atoms. The smallest absolute Gasteiger partial charge is 0.315 e. The Kier molecular flexibility index (Phi) is 12.6. The number of nitrogens with two attached hydrogens (primary N) is 4. The van der Waals surface area contributed by atoms with E-state index in [1.807, 2.05) is 11.8 Å². The first kappa shape index (κ1) is 36.8. The molecule has 47 heavy (non-hydrogen) atoms. The van der Waals surface area contributed by atoms with Gasteiger partial charge in [0.15, 0.2) is 12.6 Å². The average molecular weight is 694 g/mol. The van der Waals surface area contributed by atoms with Crippen molar-refractivity contribution in [2.75, 3.05) is 18.9 Å². The Bertz CT molecular complexity index is 1070. The van der Waals surface area contributed by atoms with Crippen LogP contribution in [0, 0.1) is 0 Å². The zero-order chi connectivity index (χ0) is 34.0. The molecule has 1 aliphatic carbocycles. The third-order valence-electron chi connectivity index (χ3n) is 9.76. The molecule has 18 nitrogen and oxygen atoms in total. The number of amides is 3. The highest BCUT2D eigenvalue weighted by atomic mass is 32.2. The van der Waals surface area contributed by atoms with Gasteiger partial charge in [0.25, 0.3) is 0 Å². The first-order valence-electron chi connectivity index (χ1n) is 16.3. The number of urea groups is 1.